The van der Waals surface area contributed by atoms with Crippen molar-refractivity contribution in [2.24, 2.45) is 14.1 Å². The molecular weight excluding hydrogens is 332 g/mol. The molecule has 0 atom stereocenters. The molecule has 0 N–H and O–H groups in total. The van der Waals surface area contributed by atoms with E-state index in [1.807, 2.05) is 68.6 Å². The standard InChI is InChI=1S/C14H12N2.C9H10N2/c1-16-13-10-6-5-9-12(13)15-14(16)11-7-3-2-4-8-11;1-7-10-8-5-3-4-6-9(8)11(7)2/h2-10H,1H3;3-6H,1-2H3. The summed E-state index contributed by atoms with van der Waals surface area (Å²) in [5, 5.41) is 0. The SMILES string of the molecule is Cc1nc2ccccc2n1C.Cn1c(-c2ccccc2)nc2ccccc21. The highest BCUT2D eigenvalue weighted by atomic mass is 15.1. The Hall–Kier alpha value is -3.40. The van der Waals surface area contributed by atoms with Crippen LogP contribution in [0.5, 0.6) is 0 Å². The summed E-state index contributed by atoms with van der Waals surface area (Å²) in [7, 11) is 4.09. The van der Waals surface area contributed by atoms with Crippen molar-refractivity contribution in [3.05, 3.63) is 84.7 Å². The van der Waals surface area contributed by atoms with Gasteiger partial charge in [-0.1, -0.05) is 54.6 Å². The average Bonchev–Trinajstić information content (AvgIpc) is 3.20. The highest BCUT2D eigenvalue weighted by Crippen LogP contribution is 2.22. The molecule has 0 unspecified atom stereocenters. The van der Waals surface area contributed by atoms with Crippen LogP contribution >= 0.6 is 0 Å². The topological polar surface area (TPSA) is 35.6 Å². The Kier molecular flexibility index (Phi) is 4.47. The van der Waals surface area contributed by atoms with E-state index in [0.717, 1.165) is 28.2 Å². The van der Waals surface area contributed by atoms with Gasteiger partial charge < -0.3 is 9.13 Å². The summed E-state index contributed by atoms with van der Waals surface area (Å²) in [6, 6.07) is 26.6. The molecule has 134 valence electrons. The Labute approximate surface area is 158 Å². The second kappa shape index (κ2) is 7.08. The molecule has 0 saturated heterocycles. The molecule has 0 amide bonds. The van der Waals surface area contributed by atoms with Gasteiger partial charge in [-0.25, -0.2) is 9.97 Å². The Bertz CT molecular complexity index is 1200. The summed E-state index contributed by atoms with van der Waals surface area (Å²) in [6.45, 7) is 2.01. The molecule has 4 nitrogen and oxygen atoms in total. The van der Waals surface area contributed by atoms with E-state index in [2.05, 4.69) is 50.4 Å². The Morgan fingerprint density at radius 2 is 1.11 bits per heavy atom. The number of aryl methyl sites for hydroxylation is 3. The summed E-state index contributed by atoms with van der Waals surface area (Å²) < 4.78 is 4.22. The van der Waals surface area contributed by atoms with Gasteiger partial charge in [0, 0.05) is 19.7 Å². The molecule has 5 rings (SSSR count). The third-order valence-corrected chi connectivity index (χ3v) is 4.83. The van der Waals surface area contributed by atoms with Crippen molar-refractivity contribution in [3.8, 4) is 11.4 Å². The van der Waals surface area contributed by atoms with E-state index in [4.69, 9.17) is 0 Å². The van der Waals surface area contributed by atoms with Gasteiger partial charge in [0.1, 0.15) is 11.6 Å². The Morgan fingerprint density at radius 1 is 0.593 bits per heavy atom. The summed E-state index contributed by atoms with van der Waals surface area (Å²) >= 11 is 0. The molecule has 0 fully saturated rings. The minimum absolute atomic E-state index is 1.02. The van der Waals surface area contributed by atoms with E-state index in [9.17, 15) is 0 Å². The van der Waals surface area contributed by atoms with Crippen LogP contribution in [0.4, 0.5) is 0 Å². The lowest BCUT2D eigenvalue weighted by Gasteiger charge is -2.01. The van der Waals surface area contributed by atoms with Crippen LogP contribution < -0.4 is 0 Å². The van der Waals surface area contributed by atoms with Gasteiger partial charge in [-0.05, 0) is 31.2 Å². The van der Waals surface area contributed by atoms with Gasteiger partial charge in [0.05, 0.1) is 22.1 Å². The number of hydrogen-bond donors (Lipinski definition) is 0. The van der Waals surface area contributed by atoms with Gasteiger partial charge in [-0.3, -0.25) is 0 Å². The maximum Gasteiger partial charge on any atom is 0.140 e. The number of imidazole rings is 2. The van der Waals surface area contributed by atoms with E-state index in [1.54, 1.807) is 0 Å². The molecular formula is C23H22N4. The second-order valence-corrected chi connectivity index (χ2v) is 6.56. The number of nitrogens with zero attached hydrogens (tertiary/aromatic N) is 4. The highest BCUT2D eigenvalue weighted by molar-refractivity contribution is 5.80. The van der Waals surface area contributed by atoms with Crippen LogP contribution in [-0.4, -0.2) is 19.1 Å². The van der Waals surface area contributed by atoms with Crippen LogP contribution in [0.15, 0.2) is 78.9 Å². The molecule has 0 aliphatic rings. The Balaban J connectivity index is 0.000000143. The van der Waals surface area contributed by atoms with Crippen LogP contribution in [0.25, 0.3) is 33.5 Å². The molecule has 0 bridgehead atoms. The van der Waals surface area contributed by atoms with Gasteiger partial charge in [-0.2, -0.15) is 0 Å². The van der Waals surface area contributed by atoms with Crippen molar-refractivity contribution in [2.75, 3.05) is 0 Å². The van der Waals surface area contributed by atoms with Crippen molar-refractivity contribution in [2.45, 2.75) is 6.92 Å². The molecule has 5 aromatic rings. The van der Waals surface area contributed by atoms with Gasteiger partial charge in [-0.15, -0.1) is 0 Å². The van der Waals surface area contributed by atoms with Crippen molar-refractivity contribution in [1.29, 1.82) is 0 Å². The van der Waals surface area contributed by atoms with Crippen LogP contribution in [0.2, 0.25) is 0 Å². The summed E-state index contributed by atoms with van der Waals surface area (Å²) in [5.74, 6) is 2.08. The minimum Gasteiger partial charge on any atom is -0.331 e. The highest BCUT2D eigenvalue weighted by Gasteiger charge is 2.07. The monoisotopic (exact) mass is 354 g/mol. The van der Waals surface area contributed by atoms with Gasteiger partial charge in [0.25, 0.3) is 0 Å². The fourth-order valence-corrected chi connectivity index (χ4v) is 3.26. The maximum atomic E-state index is 4.65. The number of aromatic nitrogens is 4. The van der Waals surface area contributed by atoms with E-state index >= 15 is 0 Å². The molecule has 4 heteroatoms. The molecule has 0 aliphatic carbocycles. The molecule has 3 aromatic carbocycles. The molecule has 0 aliphatic heterocycles. The van der Waals surface area contributed by atoms with Gasteiger partial charge in [0.2, 0.25) is 0 Å². The van der Waals surface area contributed by atoms with Crippen LogP contribution in [-0.2, 0) is 14.1 Å². The van der Waals surface area contributed by atoms with E-state index in [-0.39, 0.29) is 0 Å². The third kappa shape index (κ3) is 3.22. The Morgan fingerprint density at radius 3 is 1.70 bits per heavy atom. The molecule has 2 heterocycles. The smallest absolute Gasteiger partial charge is 0.140 e. The van der Waals surface area contributed by atoms with Crippen molar-refractivity contribution in [3.63, 3.8) is 0 Å². The zero-order valence-corrected chi connectivity index (χ0v) is 15.8. The zero-order chi connectivity index (χ0) is 18.8. The van der Waals surface area contributed by atoms with E-state index in [0.29, 0.717) is 0 Å². The van der Waals surface area contributed by atoms with Crippen LogP contribution in [0.1, 0.15) is 5.82 Å². The van der Waals surface area contributed by atoms with Crippen molar-refractivity contribution in [1.82, 2.24) is 19.1 Å². The van der Waals surface area contributed by atoms with Gasteiger partial charge >= 0.3 is 0 Å². The molecule has 0 spiro atoms. The lowest BCUT2D eigenvalue weighted by molar-refractivity contribution is 0.886. The fraction of sp³-hybridized carbons (Fsp3) is 0.130. The quantitative estimate of drug-likeness (QED) is 0.419. The lowest BCUT2D eigenvalue weighted by Crippen LogP contribution is -1.91. The number of para-hydroxylation sites is 4. The van der Waals surface area contributed by atoms with Crippen LogP contribution in [0, 0.1) is 6.92 Å². The maximum absolute atomic E-state index is 4.65. The predicted octanol–water partition coefficient (Wildman–Crippen LogP) is 5.12. The zero-order valence-electron chi connectivity index (χ0n) is 15.8. The molecule has 2 aromatic heterocycles. The first kappa shape index (κ1) is 17.0. The van der Waals surface area contributed by atoms with Crippen LogP contribution in [0.3, 0.4) is 0 Å². The van der Waals surface area contributed by atoms with Gasteiger partial charge in [0.15, 0.2) is 0 Å². The first-order valence-electron chi connectivity index (χ1n) is 9.00. The number of hydrogen-bond acceptors (Lipinski definition) is 2. The number of fused-ring (bicyclic) bond motifs is 2. The lowest BCUT2D eigenvalue weighted by atomic mass is 10.2. The average molecular weight is 354 g/mol. The van der Waals surface area contributed by atoms with Crippen molar-refractivity contribution >= 4 is 22.1 Å². The first-order chi connectivity index (χ1) is 13.1. The third-order valence-electron chi connectivity index (χ3n) is 4.83. The molecule has 0 saturated carbocycles. The summed E-state index contributed by atoms with van der Waals surface area (Å²) in [6.07, 6.45) is 0. The largest absolute Gasteiger partial charge is 0.331 e. The minimum atomic E-state index is 1.02. The first-order valence-corrected chi connectivity index (χ1v) is 9.00. The van der Waals surface area contributed by atoms with E-state index < -0.39 is 0 Å². The summed E-state index contributed by atoms with van der Waals surface area (Å²) in [4.78, 5) is 9.02. The molecule has 27 heavy (non-hydrogen) atoms. The number of benzene rings is 3. The molecule has 0 radical (unpaired) electrons. The number of rotatable bonds is 1. The fourth-order valence-electron chi connectivity index (χ4n) is 3.26. The van der Waals surface area contributed by atoms with E-state index in [1.165, 1.54) is 11.0 Å². The predicted molar refractivity (Wildman–Crippen MR) is 112 cm³/mol. The summed E-state index contributed by atoms with van der Waals surface area (Å²) in [5.41, 5.74) is 5.64. The van der Waals surface area contributed by atoms with Crippen molar-refractivity contribution < 1.29 is 0 Å². The normalized spacial score (nSPS) is 10.8. The second-order valence-electron chi connectivity index (χ2n) is 6.56.